The highest BCUT2D eigenvalue weighted by Crippen LogP contribution is 2.29. The Kier molecular flexibility index (Phi) is 4.18. The van der Waals surface area contributed by atoms with Gasteiger partial charge >= 0.3 is 0 Å². The maximum absolute atomic E-state index is 12.4. The molecule has 2 heterocycles. The summed E-state index contributed by atoms with van der Waals surface area (Å²) in [5.41, 5.74) is 1.29. The second-order valence-corrected chi connectivity index (χ2v) is 6.42. The summed E-state index contributed by atoms with van der Waals surface area (Å²) >= 11 is 1.70. The molecule has 4 heteroatoms. The van der Waals surface area contributed by atoms with E-state index in [1.54, 1.807) is 11.3 Å². The number of rotatable bonds is 6. The van der Waals surface area contributed by atoms with Gasteiger partial charge in [-0.15, -0.1) is 0 Å². The first kappa shape index (κ1) is 13.1. The van der Waals surface area contributed by atoms with E-state index in [0.717, 1.165) is 32.6 Å². The monoisotopic (exact) mass is 279 g/mol. The Morgan fingerprint density at radius 1 is 1.42 bits per heavy atom. The van der Waals surface area contributed by atoms with Crippen molar-refractivity contribution in [3.8, 4) is 0 Å². The summed E-state index contributed by atoms with van der Waals surface area (Å²) in [6, 6.07) is 2.64. The number of ether oxygens (including phenoxy) is 1. The van der Waals surface area contributed by atoms with E-state index in [9.17, 15) is 4.79 Å². The summed E-state index contributed by atoms with van der Waals surface area (Å²) < 4.78 is 5.42. The molecule has 1 aliphatic heterocycles. The summed E-state index contributed by atoms with van der Waals surface area (Å²) in [4.78, 5) is 14.5. The van der Waals surface area contributed by atoms with Crippen LogP contribution >= 0.6 is 11.3 Å². The molecule has 1 aromatic heterocycles. The number of amides is 1. The molecule has 0 radical (unpaired) electrons. The molecule has 0 spiro atoms. The van der Waals surface area contributed by atoms with Crippen LogP contribution in [0.25, 0.3) is 0 Å². The molecule has 2 fully saturated rings. The number of carbonyl (C=O) groups excluding carboxylic acids is 1. The molecule has 0 aromatic carbocycles. The Balaban J connectivity index is 1.52. The number of hydrogen-bond donors (Lipinski definition) is 0. The van der Waals surface area contributed by atoms with Gasteiger partial charge in [0.1, 0.15) is 0 Å². The molecule has 1 saturated heterocycles. The topological polar surface area (TPSA) is 29.5 Å². The van der Waals surface area contributed by atoms with Crippen LogP contribution in [0.1, 0.15) is 31.2 Å². The van der Waals surface area contributed by atoms with Gasteiger partial charge in [0, 0.05) is 31.5 Å². The van der Waals surface area contributed by atoms with Crippen LogP contribution in [0.2, 0.25) is 0 Å². The Morgan fingerprint density at radius 3 is 2.95 bits per heavy atom. The fourth-order valence-corrected chi connectivity index (χ4v) is 3.38. The van der Waals surface area contributed by atoms with Crippen molar-refractivity contribution in [2.24, 2.45) is 5.92 Å². The number of thiophene rings is 1. The fraction of sp³-hybridized carbons (Fsp3) is 0.667. The lowest BCUT2D eigenvalue weighted by Gasteiger charge is -2.25. The maximum Gasteiger partial charge on any atom is 0.223 e. The number of hydrogen-bond acceptors (Lipinski definition) is 3. The van der Waals surface area contributed by atoms with E-state index in [4.69, 9.17) is 4.74 Å². The average molecular weight is 279 g/mol. The van der Waals surface area contributed by atoms with Gasteiger partial charge in [-0.25, -0.2) is 0 Å². The van der Waals surface area contributed by atoms with Crippen LogP contribution in [-0.4, -0.2) is 36.6 Å². The lowest BCUT2D eigenvalue weighted by atomic mass is 10.1. The quantitative estimate of drug-likeness (QED) is 0.801. The van der Waals surface area contributed by atoms with E-state index < -0.39 is 0 Å². The van der Waals surface area contributed by atoms with E-state index in [2.05, 4.69) is 21.7 Å². The minimum absolute atomic E-state index is 0.334. The number of nitrogens with zero attached hydrogens (tertiary/aromatic N) is 1. The molecule has 3 nitrogen and oxygen atoms in total. The molecular weight excluding hydrogens is 258 g/mol. The van der Waals surface area contributed by atoms with Crippen LogP contribution in [0.5, 0.6) is 0 Å². The van der Waals surface area contributed by atoms with E-state index >= 15 is 0 Å². The third-order valence-corrected chi connectivity index (χ3v) is 4.73. The van der Waals surface area contributed by atoms with Gasteiger partial charge < -0.3 is 9.64 Å². The average Bonchev–Trinajstić information content (AvgIpc) is 2.94. The predicted octanol–water partition coefficient (Wildman–Crippen LogP) is 2.71. The highest BCUT2D eigenvalue weighted by atomic mass is 32.1. The van der Waals surface area contributed by atoms with Crippen molar-refractivity contribution in [1.29, 1.82) is 0 Å². The Hall–Kier alpha value is -0.870. The zero-order valence-electron chi connectivity index (χ0n) is 11.2. The number of aryl methyl sites for hydroxylation is 1. The van der Waals surface area contributed by atoms with Crippen LogP contribution in [-0.2, 0) is 16.0 Å². The zero-order chi connectivity index (χ0) is 13.1. The minimum Gasteiger partial charge on any atom is -0.381 e. The van der Waals surface area contributed by atoms with Gasteiger partial charge in [0.15, 0.2) is 0 Å². The van der Waals surface area contributed by atoms with Gasteiger partial charge in [0.2, 0.25) is 5.91 Å². The van der Waals surface area contributed by atoms with Crippen molar-refractivity contribution >= 4 is 17.2 Å². The lowest BCUT2D eigenvalue weighted by Crippen LogP contribution is -2.37. The van der Waals surface area contributed by atoms with Crippen molar-refractivity contribution in [1.82, 2.24) is 4.90 Å². The summed E-state index contributed by atoms with van der Waals surface area (Å²) in [5, 5.41) is 4.22. The molecule has 0 N–H and O–H groups in total. The fourth-order valence-electron chi connectivity index (χ4n) is 2.68. The van der Waals surface area contributed by atoms with Crippen LogP contribution in [0.3, 0.4) is 0 Å². The first-order valence-electron chi connectivity index (χ1n) is 7.21. The van der Waals surface area contributed by atoms with Crippen LogP contribution in [0.4, 0.5) is 0 Å². The standard InChI is InChI=1S/C15H21NO2S/c17-15(4-1-12-6-8-19-11-12)16(14-2-3-14)9-13-5-7-18-10-13/h6,8,11,13-14H,1-5,7,9-10H2. The molecule has 19 heavy (non-hydrogen) atoms. The molecule has 1 atom stereocenters. The van der Waals surface area contributed by atoms with Gasteiger partial charge in [0.05, 0.1) is 6.61 Å². The molecule has 2 aliphatic rings. The SMILES string of the molecule is O=C(CCc1ccsc1)N(CC1CCOC1)C1CC1. The lowest BCUT2D eigenvalue weighted by molar-refractivity contribution is -0.132. The van der Waals surface area contributed by atoms with Gasteiger partial charge in [-0.2, -0.15) is 11.3 Å². The second-order valence-electron chi connectivity index (χ2n) is 5.64. The molecule has 1 aromatic rings. The smallest absolute Gasteiger partial charge is 0.223 e. The maximum atomic E-state index is 12.4. The first-order chi connectivity index (χ1) is 9.33. The van der Waals surface area contributed by atoms with Gasteiger partial charge in [-0.3, -0.25) is 4.79 Å². The van der Waals surface area contributed by atoms with Crippen molar-refractivity contribution in [2.45, 2.75) is 38.1 Å². The molecule has 1 aliphatic carbocycles. The Bertz CT molecular complexity index is 408. The highest BCUT2D eigenvalue weighted by molar-refractivity contribution is 7.07. The molecule has 1 saturated carbocycles. The third kappa shape index (κ3) is 3.57. The van der Waals surface area contributed by atoms with Crippen LogP contribution in [0.15, 0.2) is 16.8 Å². The summed E-state index contributed by atoms with van der Waals surface area (Å²) in [5.74, 6) is 0.895. The minimum atomic E-state index is 0.334. The summed E-state index contributed by atoms with van der Waals surface area (Å²) in [6.07, 6.45) is 5.03. The normalized spacial score (nSPS) is 22.6. The highest BCUT2D eigenvalue weighted by Gasteiger charge is 2.34. The molecular formula is C15H21NO2S. The van der Waals surface area contributed by atoms with E-state index in [1.807, 2.05) is 0 Å². The summed E-state index contributed by atoms with van der Waals surface area (Å²) in [7, 11) is 0. The molecule has 104 valence electrons. The van der Waals surface area contributed by atoms with Crippen molar-refractivity contribution in [3.05, 3.63) is 22.4 Å². The Labute approximate surface area is 118 Å². The van der Waals surface area contributed by atoms with Gasteiger partial charge in [-0.05, 0) is 48.1 Å². The molecule has 1 amide bonds. The van der Waals surface area contributed by atoms with Gasteiger partial charge in [0.25, 0.3) is 0 Å². The largest absolute Gasteiger partial charge is 0.381 e. The van der Waals surface area contributed by atoms with Crippen molar-refractivity contribution in [2.75, 3.05) is 19.8 Å². The van der Waals surface area contributed by atoms with Crippen LogP contribution < -0.4 is 0 Å². The van der Waals surface area contributed by atoms with E-state index in [-0.39, 0.29) is 0 Å². The Morgan fingerprint density at radius 2 is 2.32 bits per heavy atom. The zero-order valence-corrected chi connectivity index (χ0v) is 12.0. The molecule has 1 unspecified atom stereocenters. The summed E-state index contributed by atoms with van der Waals surface area (Å²) in [6.45, 7) is 2.61. The number of carbonyl (C=O) groups is 1. The van der Waals surface area contributed by atoms with Crippen molar-refractivity contribution in [3.63, 3.8) is 0 Å². The van der Waals surface area contributed by atoms with Crippen molar-refractivity contribution < 1.29 is 9.53 Å². The molecule has 0 bridgehead atoms. The predicted molar refractivity (Wildman–Crippen MR) is 76.3 cm³/mol. The third-order valence-electron chi connectivity index (χ3n) is 3.99. The van der Waals surface area contributed by atoms with Crippen LogP contribution in [0, 0.1) is 5.92 Å². The van der Waals surface area contributed by atoms with Gasteiger partial charge in [-0.1, -0.05) is 0 Å². The second kappa shape index (κ2) is 6.06. The van der Waals surface area contributed by atoms with E-state index in [0.29, 0.717) is 24.3 Å². The van der Waals surface area contributed by atoms with E-state index in [1.165, 1.54) is 18.4 Å². The first-order valence-corrected chi connectivity index (χ1v) is 8.15. The molecule has 3 rings (SSSR count).